The van der Waals surface area contributed by atoms with Gasteiger partial charge in [0.1, 0.15) is 11.3 Å². The highest BCUT2D eigenvalue weighted by Gasteiger charge is 2.15. The first-order chi connectivity index (χ1) is 9.56. The first-order valence-corrected chi connectivity index (χ1v) is 6.78. The number of esters is 1. The van der Waals surface area contributed by atoms with Gasteiger partial charge in [-0.3, -0.25) is 4.79 Å². The van der Waals surface area contributed by atoms with Crippen LogP contribution in [0.2, 0.25) is 0 Å². The molecule has 0 aliphatic rings. The lowest BCUT2D eigenvalue weighted by Crippen LogP contribution is -2.29. The smallest absolute Gasteiger partial charge is 0.342 e. The van der Waals surface area contributed by atoms with Crippen molar-refractivity contribution < 1.29 is 19.4 Å². The molecule has 0 unspecified atom stereocenters. The lowest BCUT2D eigenvalue weighted by Gasteiger charge is -2.08. The van der Waals surface area contributed by atoms with Gasteiger partial charge in [-0.2, -0.15) is 0 Å². The van der Waals surface area contributed by atoms with Gasteiger partial charge in [0.2, 0.25) is 0 Å². The maximum atomic E-state index is 11.7. The average Bonchev–Trinajstić information content (AvgIpc) is 2.44. The van der Waals surface area contributed by atoms with E-state index in [0.717, 1.165) is 19.3 Å². The summed E-state index contributed by atoms with van der Waals surface area (Å²) in [6.45, 7) is 4.02. The number of ether oxygens (including phenoxy) is 1. The average molecular weight is 279 g/mol. The van der Waals surface area contributed by atoms with Gasteiger partial charge in [-0.25, -0.2) is 4.79 Å². The van der Waals surface area contributed by atoms with E-state index in [4.69, 9.17) is 4.74 Å². The number of amides is 1. The van der Waals surface area contributed by atoms with Crippen molar-refractivity contribution in [3.63, 3.8) is 0 Å². The Bertz CT molecular complexity index is 471. The van der Waals surface area contributed by atoms with E-state index in [-0.39, 0.29) is 23.8 Å². The minimum Gasteiger partial charge on any atom is -0.507 e. The number of hydrogen-bond acceptors (Lipinski definition) is 4. The summed E-state index contributed by atoms with van der Waals surface area (Å²) in [6.07, 6.45) is 3.05. The van der Waals surface area contributed by atoms with E-state index >= 15 is 0 Å². The number of unbranched alkanes of at least 4 members (excludes halogenated alkanes) is 2. The van der Waals surface area contributed by atoms with Gasteiger partial charge in [-0.15, -0.1) is 0 Å². The van der Waals surface area contributed by atoms with E-state index in [1.165, 1.54) is 6.07 Å². The van der Waals surface area contributed by atoms with Crippen molar-refractivity contribution >= 4 is 11.9 Å². The maximum Gasteiger partial charge on any atom is 0.342 e. The zero-order valence-electron chi connectivity index (χ0n) is 11.9. The van der Waals surface area contributed by atoms with Gasteiger partial charge >= 0.3 is 5.97 Å². The molecule has 2 N–H and O–H groups in total. The van der Waals surface area contributed by atoms with Crippen LogP contribution in [-0.2, 0) is 9.53 Å². The maximum absolute atomic E-state index is 11.7. The first-order valence-electron chi connectivity index (χ1n) is 6.78. The molecule has 1 aromatic rings. The summed E-state index contributed by atoms with van der Waals surface area (Å²) >= 11 is 0. The molecule has 0 heterocycles. The fraction of sp³-hybridized carbons (Fsp3) is 0.467. The Kier molecular flexibility index (Phi) is 6.56. The molecular weight excluding hydrogens is 258 g/mol. The molecule has 0 saturated carbocycles. The second-order valence-corrected chi connectivity index (χ2v) is 4.60. The van der Waals surface area contributed by atoms with Crippen LogP contribution >= 0.6 is 0 Å². The molecule has 1 rings (SSSR count). The van der Waals surface area contributed by atoms with Gasteiger partial charge in [-0.05, 0) is 25.0 Å². The predicted molar refractivity (Wildman–Crippen MR) is 75.7 cm³/mol. The first kappa shape index (κ1) is 16.0. The van der Waals surface area contributed by atoms with Crippen LogP contribution in [0.15, 0.2) is 18.2 Å². The van der Waals surface area contributed by atoms with Crippen molar-refractivity contribution in [1.82, 2.24) is 5.32 Å². The summed E-state index contributed by atoms with van der Waals surface area (Å²) in [5.74, 6) is -1.14. The van der Waals surface area contributed by atoms with E-state index in [0.29, 0.717) is 12.1 Å². The Morgan fingerprint density at radius 2 is 2.05 bits per heavy atom. The largest absolute Gasteiger partial charge is 0.507 e. The summed E-state index contributed by atoms with van der Waals surface area (Å²) in [7, 11) is 0. The number of nitrogens with one attached hydrogen (secondary N) is 1. The second-order valence-electron chi connectivity index (χ2n) is 4.60. The molecule has 0 saturated heterocycles. The van der Waals surface area contributed by atoms with Gasteiger partial charge < -0.3 is 15.2 Å². The van der Waals surface area contributed by atoms with Crippen LogP contribution in [0.3, 0.4) is 0 Å². The summed E-state index contributed by atoms with van der Waals surface area (Å²) in [6, 6.07) is 4.80. The minimum absolute atomic E-state index is 0.0729. The van der Waals surface area contributed by atoms with Crippen LogP contribution in [-0.4, -0.2) is 30.1 Å². The molecule has 1 amide bonds. The molecule has 0 aliphatic carbocycles. The number of carbonyl (C=O) groups excluding carboxylic acids is 2. The third-order valence-electron chi connectivity index (χ3n) is 2.89. The SMILES string of the molecule is CCCCCNC(=O)COC(=O)c1cccc(C)c1O. The summed E-state index contributed by atoms with van der Waals surface area (Å²) < 4.78 is 4.87. The Morgan fingerprint density at radius 3 is 2.75 bits per heavy atom. The van der Waals surface area contributed by atoms with E-state index in [9.17, 15) is 14.7 Å². The number of benzene rings is 1. The Labute approximate surface area is 118 Å². The summed E-state index contributed by atoms with van der Waals surface area (Å²) in [4.78, 5) is 23.2. The summed E-state index contributed by atoms with van der Waals surface area (Å²) in [5, 5.41) is 12.4. The van der Waals surface area contributed by atoms with Crippen molar-refractivity contribution in [3.8, 4) is 5.75 Å². The van der Waals surface area contributed by atoms with Gasteiger partial charge in [0.05, 0.1) is 0 Å². The number of aromatic hydroxyl groups is 1. The highest BCUT2D eigenvalue weighted by Crippen LogP contribution is 2.21. The number of hydrogen-bond donors (Lipinski definition) is 2. The molecule has 110 valence electrons. The fourth-order valence-corrected chi connectivity index (χ4v) is 1.69. The normalized spacial score (nSPS) is 10.1. The molecule has 0 radical (unpaired) electrons. The number of phenols is 1. The Balaban J connectivity index is 2.39. The predicted octanol–water partition coefficient (Wildman–Crippen LogP) is 2.16. The quantitative estimate of drug-likeness (QED) is 0.592. The molecule has 1 aromatic carbocycles. The van der Waals surface area contributed by atoms with Crippen molar-refractivity contribution in [2.75, 3.05) is 13.2 Å². The molecular formula is C15H21NO4. The standard InChI is InChI=1S/C15H21NO4/c1-3-4-5-9-16-13(17)10-20-15(19)12-8-6-7-11(2)14(12)18/h6-8,18H,3-5,9-10H2,1-2H3,(H,16,17). The van der Waals surface area contributed by atoms with E-state index in [1.54, 1.807) is 19.1 Å². The van der Waals surface area contributed by atoms with Crippen LogP contribution in [0.25, 0.3) is 0 Å². The zero-order valence-corrected chi connectivity index (χ0v) is 11.9. The molecule has 0 atom stereocenters. The van der Waals surface area contributed by atoms with Gasteiger partial charge in [0.15, 0.2) is 6.61 Å². The Morgan fingerprint density at radius 1 is 1.30 bits per heavy atom. The molecule has 0 spiro atoms. The number of phenolic OH excluding ortho intramolecular Hbond substituents is 1. The Hall–Kier alpha value is -2.04. The topological polar surface area (TPSA) is 75.6 Å². The molecule has 0 aliphatic heterocycles. The van der Waals surface area contributed by atoms with E-state index in [1.807, 2.05) is 0 Å². The van der Waals surface area contributed by atoms with E-state index in [2.05, 4.69) is 12.2 Å². The van der Waals surface area contributed by atoms with Gasteiger partial charge in [0.25, 0.3) is 5.91 Å². The van der Waals surface area contributed by atoms with E-state index < -0.39 is 5.97 Å². The monoisotopic (exact) mass is 279 g/mol. The number of aryl methyl sites for hydroxylation is 1. The van der Waals surface area contributed by atoms with Crippen molar-refractivity contribution in [2.45, 2.75) is 33.1 Å². The second kappa shape index (κ2) is 8.19. The highest BCUT2D eigenvalue weighted by molar-refractivity contribution is 5.94. The molecule has 5 nitrogen and oxygen atoms in total. The molecule has 20 heavy (non-hydrogen) atoms. The van der Waals surface area contributed by atoms with Crippen LogP contribution in [0.5, 0.6) is 5.75 Å². The van der Waals surface area contributed by atoms with Crippen LogP contribution in [0.1, 0.15) is 42.1 Å². The lowest BCUT2D eigenvalue weighted by molar-refractivity contribution is -0.124. The fourth-order valence-electron chi connectivity index (χ4n) is 1.69. The highest BCUT2D eigenvalue weighted by atomic mass is 16.5. The van der Waals surface area contributed by atoms with Crippen molar-refractivity contribution in [1.29, 1.82) is 0 Å². The van der Waals surface area contributed by atoms with Crippen LogP contribution < -0.4 is 5.32 Å². The van der Waals surface area contributed by atoms with Gasteiger partial charge in [-0.1, -0.05) is 31.9 Å². The number of rotatable bonds is 7. The number of carbonyl (C=O) groups is 2. The zero-order chi connectivity index (χ0) is 15.0. The molecule has 0 aromatic heterocycles. The third-order valence-corrected chi connectivity index (χ3v) is 2.89. The molecule has 5 heteroatoms. The van der Waals surface area contributed by atoms with Crippen LogP contribution in [0, 0.1) is 6.92 Å². The number of para-hydroxylation sites is 1. The van der Waals surface area contributed by atoms with Gasteiger partial charge in [0, 0.05) is 6.54 Å². The minimum atomic E-state index is -0.699. The van der Waals surface area contributed by atoms with Crippen LogP contribution in [0.4, 0.5) is 0 Å². The third kappa shape index (κ3) is 4.91. The lowest BCUT2D eigenvalue weighted by atomic mass is 10.1. The van der Waals surface area contributed by atoms with Crippen molar-refractivity contribution in [3.05, 3.63) is 29.3 Å². The molecule has 0 fully saturated rings. The van der Waals surface area contributed by atoms with Crippen molar-refractivity contribution in [2.24, 2.45) is 0 Å². The summed E-state index contributed by atoms with van der Waals surface area (Å²) in [5.41, 5.74) is 0.659. The molecule has 0 bridgehead atoms.